The van der Waals surface area contributed by atoms with E-state index in [4.69, 9.17) is 15.2 Å². The van der Waals surface area contributed by atoms with E-state index in [1.165, 1.54) is 0 Å². The Morgan fingerprint density at radius 2 is 2.26 bits per heavy atom. The number of ether oxygens (including phenoxy) is 2. The Bertz CT molecular complexity index is 423. The van der Waals surface area contributed by atoms with Crippen molar-refractivity contribution >= 4 is 11.4 Å². The fraction of sp³-hybridized carbons (Fsp3) is 0.571. The van der Waals surface area contributed by atoms with Crippen LogP contribution in [0.3, 0.4) is 0 Å². The summed E-state index contributed by atoms with van der Waals surface area (Å²) in [5, 5.41) is 9.18. The van der Waals surface area contributed by atoms with Gasteiger partial charge in [0, 0.05) is 36.6 Å². The molecule has 1 aliphatic rings. The molecule has 0 aromatic heterocycles. The van der Waals surface area contributed by atoms with E-state index in [-0.39, 0.29) is 18.8 Å². The molecule has 5 heteroatoms. The quantitative estimate of drug-likeness (QED) is 0.803. The molecule has 106 valence electrons. The molecule has 1 unspecified atom stereocenters. The highest BCUT2D eigenvalue weighted by Gasteiger charge is 2.20. The summed E-state index contributed by atoms with van der Waals surface area (Å²) in [6, 6.07) is 5.73. The van der Waals surface area contributed by atoms with Crippen LogP contribution in [-0.4, -0.2) is 43.6 Å². The molecule has 1 aromatic rings. The zero-order valence-electron chi connectivity index (χ0n) is 11.5. The topological polar surface area (TPSA) is 68.0 Å². The van der Waals surface area contributed by atoms with Crippen LogP contribution in [0.5, 0.6) is 5.75 Å². The Morgan fingerprint density at radius 3 is 2.95 bits per heavy atom. The first kappa shape index (κ1) is 14.0. The molecule has 0 amide bonds. The first-order valence-electron chi connectivity index (χ1n) is 6.63. The van der Waals surface area contributed by atoms with E-state index >= 15 is 0 Å². The molecule has 1 aliphatic heterocycles. The standard InChI is InChI=1S/C14H22N2O3/c1-10(2)19-13-6-11(15)5-12(7-13)16-3-4-18-14(8-16)9-17/h5-7,10,14,17H,3-4,8-9,15H2,1-2H3. The third-order valence-corrected chi connectivity index (χ3v) is 2.99. The summed E-state index contributed by atoms with van der Waals surface area (Å²) < 4.78 is 11.1. The predicted octanol–water partition coefficient (Wildman–Crippen LogP) is 1.25. The Balaban J connectivity index is 2.16. The van der Waals surface area contributed by atoms with Crippen molar-refractivity contribution in [3.8, 4) is 5.75 Å². The second-order valence-corrected chi connectivity index (χ2v) is 5.05. The fourth-order valence-corrected chi connectivity index (χ4v) is 2.19. The molecule has 1 heterocycles. The molecule has 19 heavy (non-hydrogen) atoms. The van der Waals surface area contributed by atoms with Gasteiger partial charge in [0.25, 0.3) is 0 Å². The summed E-state index contributed by atoms with van der Waals surface area (Å²) in [6.07, 6.45) is -0.0193. The van der Waals surface area contributed by atoms with Crippen LogP contribution in [0.25, 0.3) is 0 Å². The molecular weight excluding hydrogens is 244 g/mol. The van der Waals surface area contributed by atoms with E-state index in [1.807, 2.05) is 32.0 Å². The number of nitrogens with two attached hydrogens (primary N) is 1. The molecule has 0 radical (unpaired) electrons. The fourth-order valence-electron chi connectivity index (χ4n) is 2.19. The number of nitrogen functional groups attached to an aromatic ring is 1. The molecule has 1 aromatic carbocycles. The lowest BCUT2D eigenvalue weighted by Gasteiger charge is -2.34. The number of anilines is 2. The molecule has 0 spiro atoms. The van der Waals surface area contributed by atoms with Crippen LogP contribution in [0, 0.1) is 0 Å². The normalized spacial score (nSPS) is 19.8. The number of aliphatic hydroxyl groups excluding tert-OH is 1. The van der Waals surface area contributed by atoms with Gasteiger partial charge < -0.3 is 25.2 Å². The van der Waals surface area contributed by atoms with Gasteiger partial charge in [0.2, 0.25) is 0 Å². The average molecular weight is 266 g/mol. The maximum absolute atomic E-state index is 9.18. The van der Waals surface area contributed by atoms with Crippen LogP contribution in [0.15, 0.2) is 18.2 Å². The second-order valence-electron chi connectivity index (χ2n) is 5.05. The van der Waals surface area contributed by atoms with Crippen LogP contribution in [0.1, 0.15) is 13.8 Å². The van der Waals surface area contributed by atoms with Gasteiger partial charge in [-0.25, -0.2) is 0 Å². The summed E-state index contributed by atoms with van der Waals surface area (Å²) in [4.78, 5) is 2.16. The highest BCUT2D eigenvalue weighted by atomic mass is 16.5. The lowest BCUT2D eigenvalue weighted by Crippen LogP contribution is -2.44. The van der Waals surface area contributed by atoms with Gasteiger partial charge in [-0.3, -0.25) is 0 Å². The summed E-state index contributed by atoms with van der Waals surface area (Å²) in [7, 11) is 0. The van der Waals surface area contributed by atoms with Crippen LogP contribution < -0.4 is 15.4 Å². The van der Waals surface area contributed by atoms with Crippen LogP contribution in [0.4, 0.5) is 11.4 Å². The zero-order chi connectivity index (χ0) is 13.8. The minimum atomic E-state index is -0.135. The smallest absolute Gasteiger partial charge is 0.123 e. The Labute approximate surface area is 113 Å². The summed E-state index contributed by atoms with van der Waals surface area (Å²) in [5.41, 5.74) is 7.61. The highest BCUT2D eigenvalue weighted by Crippen LogP contribution is 2.27. The van der Waals surface area contributed by atoms with E-state index in [0.717, 1.165) is 18.0 Å². The molecule has 1 fully saturated rings. The van der Waals surface area contributed by atoms with Crippen molar-refractivity contribution in [2.45, 2.75) is 26.1 Å². The largest absolute Gasteiger partial charge is 0.491 e. The Kier molecular flexibility index (Phi) is 4.50. The molecule has 1 atom stereocenters. The van der Waals surface area contributed by atoms with Crippen LogP contribution >= 0.6 is 0 Å². The van der Waals surface area contributed by atoms with Gasteiger partial charge in [0.15, 0.2) is 0 Å². The molecule has 0 aliphatic carbocycles. The third-order valence-electron chi connectivity index (χ3n) is 2.99. The Hall–Kier alpha value is -1.46. The molecule has 3 N–H and O–H groups in total. The molecule has 5 nitrogen and oxygen atoms in total. The van der Waals surface area contributed by atoms with Gasteiger partial charge in [-0.05, 0) is 19.9 Å². The second kappa shape index (κ2) is 6.12. The van der Waals surface area contributed by atoms with Crippen molar-refractivity contribution in [1.29, 1.82) is 0 Å². The first-order valence-corrected chi connectivity index (χ1v) is 6.63. The molecule has 0 bridgehead atoms. The van der Waals surface area contributed by atoms with Gasteiger partial charge in [-0.2, -0.15) is 0 Å². The maximum Gasteiger partial charge on any atom is 0.123 e. The van der Waals surface area contributed by atoms with Gasteiger partial charge >= 0.3 is 0 Å². The monoisotopic (exact) mass is 266 g/mol. The lowest BCUT2D eigenvalue weighted by atomic mass is 10.2. The van der Waals surface area contributed by atoms with E-state index in [0.29, 0.717) is 18.8 Å². The number of aliphatic hydroxyl groups is 1. The van der Waals surface area contributed by atoms with Crippen LogP contribution in [0.2, 0.25) is 0 Å². The van der Waals surface area contributed by atoms with E-state index in [2.05, 4.69) is 4.90 Å². The minimum absolute atomic E-state index is 0.0359. The van der Waals surface area contributed by atoms with Gasteiger partial charge in [-0.15, -0.1) is 0 Å². The number of rotatable bonds is 4. The number of morpholine rings is 1. The van der Waals surface area contributed by atoms with E-state index < -0.39 is 0 Å². The van der Waals surface area contributed by atoms with Crippen molar-refractivity contribution in [1.82, 2.24) is 0 Å². The van der Waals surface area contributed by atoms with Crippen molar-refractivity contribution in [3.05, 3.63) is 18.2 Å². The lowest BCUT2D eigenvalue weighted by molar-refractivity contribution is 0.00356. The Morgan fingerprint density at radius 1 is 1.47 bits per heavy atom. The SMILES string of the molecule is CC(C)Oc1cc(N)cc(N2CCOC(CO)C2)c1. The van der Waals surface area contributed by atoms with E-state index in [1.54, 1.807) is 0 Å². The van der Waals surface area contributed by atoms with Crippen molar-refractivity contribution in [3.63, 3.8) is 0 Å². The minimum Gasteiger partial charge on any atom is -0.491 e. The third kappa shape index (κ3) is 3.75. The summed E-state index contributed by atoms with van der Waals surface area (Å²) in [6.45, 7) is 6.08. The van der Waals surface area contributed by atoms with E-state index in [9.17, 15) is 5.11 Å². The predicted molar refractivity (Wildman–Crippen MR) is 75.7 cm³/mol. The molecule has 2 rings (SSSR count). The first-order chi connectivity index (χ1) is 9.08. The molecule has 1 saturated heterocycles. The molecule has 0 saturated carbocycles. The van der Waals surface area contributed by atoms with Crippen molar-refractivity contribution in [2.24, 2.45) is 0 Å². The number of hydrogen-bond donors (Lipinski definition) is 2. The number of hydrogen-bond acceptors (Lipinski definition) is 5. The summed E-state index contributed by atoms with van der Waals surface area (Å²) in [5.74, 6) is 0.775. The summed E-state index contributed by atoms with van der Waals surface area (Å²) >= 11 is 0. The average Bonchev–Trinajstić information content (AvgIpc) is 2.37. The number of benzene rings is 1. The van der Waals surface area contributed by atoms with Gasteiger partial charge in [0.1, 0.15) is 5.75 Å². The maximum atomic E-state index is 9.18. The highest BCUT2D eigenvalue weighted by molar-refractivity contribution is 5.60. The molecular formula is C14H22N2O3. The van der Waals surface area contributed by atoms with Gasteiger partial charge in [-0.1, -0.05) is 0 Å². The van der Waals surface area contributed by atoms with Crippen molar-refractivity contribution < 1.29 is 14.6 Å². The van der Waals surface area contributed by atoms with Crippen molar-refractivity contribution in [2.75, 3.05) is 36.9 Å². The van der Waals surface area contributed by atoms with Gasteiger partial charge in [0.05, 0.1) is 25.4 Å². The van der Waals surface area contributed by atoms with Crippen LogP contribution in [-0.2, 0) is 4.74 Å². The number of nitrogens with zero attached hydrogens (tertiary/aromatic N) is 1. The zero-order valence-corrected chi connectivity index (χ0v) is 11.5.